The Morgan fingerprint density at radius 1 is 0.933 bits per heavy atom. The van der Waals surface area contributed by atoms with Crippen molar-refractivity contribution in [3.8, 4) is 11.5 Å². The highest BCUT2D eigenvalue weighted by molar-refractivity contribution is 7.92. The van der Waals surface area contributed by atoms with Gasteiger partial charge < -0.3 is 14.8 Å². The maximum absolute atomic E-state index is 12.9. The van der Waals surface area contributed by atoms with Crippen LogP contribution in [0.2, 0.25) is 0 Å². The summed E-state index contributed by atoms with van der Waals surface area (Å²) >= 11 is 0. The Morgan fingerprint density at radius 2 is 1.40 bits per heavy atom. The van der Waals surface area contributed by atoms with Crippen LogP contribution in [0.5, 0.6) is 11.5 Å². The number of hydrogen-bond donors (Lipinski definition) is 1. The number of nitrogens with zero attached hydrogens (tertiary/aromatic N) is 1. The van der Waals surface area contributed by atoms with Gasteiger partial charge in [0, 0.05) is 0 Å². The SMILES string of the molecule is CCOc1ccc([C@@H](C)NC(=O)[C@@H](C)N(c2ccc(OCC)cc2)S(C)(=O)=O)cc1. The topological polar surface area (TPSA) is 84.9 Å². The maximum Gasteiger partial charge on any atom is 0.244 e. The minimum atomic E-state index is -3.68. The summed E-state index contributed by atoms with van der Waals surface area (Å²) in [5, 5.41) is 2.89. The van der Waals surface area contributed by atoms with Gasteiger partial charge in [0.15, 0.2) is 0 Å². The number of ether oxygens (including phenoxy) is 2. The Bertz CT molecular complexity index is 927. The molecule has 0 aliphatic carbocycles. The molecule has 30 heavy (non-hydrogen) atoms. The molecule has 2 aromatic rings. The summed E-state index contributed by atoms with van der Waals surface area (Å²) in [4.78, 5) is 12.9. The third-order valence-corrected chi connectivity index (χ3v) is 5.78. The molecule has 0 radical (unpaired) electrons. The number of hydrogen-bond acceptors (Lipinski definition) is 5. The first kappa shape index (κ1) is 23.5. The van der Waals surface area contributed by atoms with Gasteiger partial charge in [-0.15, -0.1) is 0 Å². The van der Waals surface area contributed by atoms with Crippen molar-refractivity contribution in [2.75, 3.05) is 23.8 Å². The first-order valence-corrected chi connectivity index (χ1v) is 11.8. The molecule has 7 nitrogen and oxygen atoms in total. The van der Waals surface area contributed by atoms with Crippen LogP contribution < -0.4 is 19.1 Å². The molecule has 0 unspecified atom stereocenters. The molecular formula is C22H30N2O5S. The highest BCUT2D eigenvalue weighted by Gasteiger charge is 2.30. The molecular weight excluding hydrogens is 404 g/mol. The third-order valence-electron chi connectivity index (χ3n) is 4.54. The van der Waals surface area contributed by atoms with Crippen LogP contribution >= 0.6 is 0 Å². The monoisotopic (exact) mass is 434 g/mol. The second-order valence-electron chi connectivity index (χ2n) is 6.89. The van der Waals surface area contributed by atoms with Crippen molar-refractivity contribution < 1.29 is 22.7 Å². The largest absolute Gasteiger partial charge is 0.494 e. The Kier molecular flexibility index (Phi) is 8.11. The Labute approximate surface area is 179 Å². The minimum absolute atomic E-state index is 0.294. The summed E-state index contributed by atoms with van der Waals surface area (Å²) in [5.41, 5.74) is 1.29. The number of carbonyl (C=O) groups excluding carboxylic acids is 1. The molecule has 164 valence electrons. The molecule has 8 heteroatoms. The van der Waals surface area contributed by atoms with Crippen LogP contribution in [0.3, 0.4) is 0 Å². The summed E-state index contributed by atoms with van der Waals surface area (Å²) in [5.74, 6) is 0.999. The van der Waals surface area contributed by atoms with E-state index in [1.807, 2.05) is 45.0 Å². The third kappa shape index (κ3) is 6.13. The van der Waals surface area contributed by atoms with E-state index in [-0.39, 0.29) is 6.04 Å². The van der Waals surface area contributed by atoms with Gasteiger partial charge in [0.05, 0.1) is 31.2 Å². The lowest BCUT2D eigenvalue weighted by Gasteiger charge is -2.29. The van der Waals surface area contributed by atoms with Crippen molar-refractivity contribution >= 4 is 21.6 Å². The normalized spacial score (nSPS) is 13.2. The zero-order valence-electron chi connectivity index (χ0n) is 18.1. The number of rotatable bonds is 10. The van der Waals surface area contributed by atoms with E-state index >= 15 is 0 Å². The lowest BCUT2D eigenvalue weighted by atomic mass is 10.1. The van der Waals surface area contributed by atoms with Crippen molar-refractivity contribution in [2.24, 2.45) is 0 Å². The van der Waals surface area contributed by atoms with Crippen LogP contribution in [-0.4, -0.2) is 39.8 Å². The number of nitrogens with one attached hydrogen (secondary N) is 1. The summed E-state index contributed by atoms with van der Waals surface area (Å²) in [6, 6.07) is 12.8. The summed E-state index contributed by atoms with van der Waals surface area (Å²) < 4.78 is 36.8. The fourth-order valence-corrected chi connectivity index (χ4v) is 4.28. The molecule has 0 saturated heterocycles. The predicted octanol–water partition coefficient (Wildman–Crippen LogP) is 3.52. The average Bonchev–Trinajstić information content (AvgIpc) is 2.69. The van der Waals surface area contributed by atoms with Crippen LogP contribution in [0.25, 0.3) is 0 Å². The number of amides is 1. The molecule has 0 aliphatic heterocycles. The van der Waals surface area contributed by atoms with Gasteiger partial charge in [-0.1, -0.05) is 12.1 Å². The first-order chi connectivity index (χ1) is 14.2. The molecule has 0 fully saturated rings. The van der Waals surface area contributed by atoms with Crippen molar-refractivity contribution in [1.29, 1.82) is 0 Å². The van der Waals surface area contributed by atoms with Crippen LogP contribution in [0, 0.1) is 0 Å². The molecule has 0 saturated carbocycles. The van der Waals surface area contributed by atoms with E-state index in [0.717, 1.165) is 21.9 Å². The zero-order valence-corrected chi connectivity index (χ0v) is 18.9. The standard InChI is InChI=1S/C22H30N2O5S/c1-6-28-20-12-8-18(9-13-20)16(3)23-22(25)17(4)24(30(5,26)27)19-10-14-21(15-11-19)29-7-2/h8-17H,6-7H2,1-5H3,(H,23,25)/t16-,17-/m1/s1. The molecule has 0 aromatic heterocycles. The van der Waals surface area contributed by atoms with Gasteiger partial charge in [-0.3, -0.25) is 9.10 Å². The van der Waals surface area contributed by atoms with Crippen LogP contribution in [0.1, 0.15) is 39.3 Å². The average molecular weight is 435 g/mol. The van der Waals surface area contributed by atoms with E-state index in [4.69, 9.17) is 9.47 Å². The van der Waals surface area contributed by atoms with Gasteiger partial charge in [0.1, 0.15) is 17.5 Å². The zero-order chi connectivity index (χ0) is 22.3. The van der Waals surface area contributed by atoms with E-state index in [1.54, 1.807) is 31.2 Å². The van der Waals surface area contributed by atoms with Gasteiger partial charge in [-0.2, -0.15) is 0 Å². The van der Waals surface area contributed by atoms with E-state index in [9.17, 15) is 13.2 Å². The second kappa shape index (κ2) is 10.3. The molecule has 0 spiro atoms. The highest BCUT2D eigenvalue weighted by atomic mass is 32.2. The van der Waals surface area contributed by atoms with Crippen molar-refractivity contribution in [1.82, 2.24) is 5.32 Å². The Morgan fingerprint density at radius 3 is 1.83 bits per heavy atom. The summed E-state index contributed by atoms with van der Waals surface area (Å²) in [7, 11) is -3.68. The van der Waals surface area contributed by atoms with Crippen molar-refractivity contribution in [2.45, 2.75) is 39.8 Å². The lowest BCUT2D eigenvalue weighted by Crippen LogP contribution is -2.48. The lowest BCUT2D eigenvalue weighted by molar-refractivity contribution is -0.122. The fraction of sp³-hybridized carbons (Fsp3) is 0.409. The van der Waals surface area contributed by atoms with Gasteiger partial charge in [-0.25, -0.2) is 8.42 Å². The van der Waals surface area contributed by atoms with Gasteiger partial charge in [-0.05, 0) is 69.7 Å². The van der Waals surface area contributed by atoms with Crippen LogP contribution in [0.15, 0.2) is 48.5 Å². The van der Waals surface area contributed by atoms with E-state index in [0.29, 0.717) is 24.7 Å². The summed E-state index contributed by atoms with van der Waals surface area (Å²) in [6.07, 6.45) is 1.09. The summed E-state index contributed by atoms with van der Waals surface area (Å²) in [6.45, 7) is 8.29. The second-order valence-corrected chi connectivity index (χ2v) is 8.75. The molecule has 0 heterocycles. The van der Waals surface area contributed by atoms with Crippen molar-refractivity contribution in [3.63, 3.8) is 0 Å². The Hall–Kier alpha value is -2.74. The van der Waals surface area contributed by atoms with E-state index < -0.39 is 22.0 Å². The maximum atomic E-state index is 12.9. The minimum Gasteiger partial charge on any atom is -0.494 e. The number of anilines is 1. The Balaban J connectivity index is 2.16. The quantitative estimate of drug-likeness (QED) is 0.618. The molecule has 1 N–H and O–H groups in total. The predicted molar refractivity (Wildman–Crippen MR) is 119 cm³/mol. The highest BCUT2D eigenvalue weighted by Crippen LogP contribution is 2.25. The van der Waals surface area contributed by atoms with Gasteiger partial charge in [0.25, 0.3) is 0 Å². The molecule has 0 aliphatic rings. The number of sulfonamides is 1. The number of benzene rings is 2. The first-order valence-electron chi connectivity index (χ1n) is 9.92. The number of carbonyl (C=O) groups is 1. The smallest absolute Gasteiger partial charge is 0.244 e. The van der Waals surface area contributed by atoms with E-state index in [2.05, 4.69) is 5.32 Å². The molecule has 2 aromatic carbocycles. The molecule has 1 amide bonds. The fourth-order valence-electron chi connectivity index (χ4n) is 3.10. The molecule has 2 atom stereocenters. The van der Waals surface area contributed by atoms with Crippen LogP contribution in [-0.2, 0) is 14.8 Å². The van der Waals surface area contributed by atoms with Gasteiger partial charge >= 0.3 is 0 Å². The van der Waals surface area contributed by atoms with Gasteiger partial charge in [0.2, 0.25) is 15.9 Å². The molecule has 2 rings (SSSR count). The van der Waals surface area contributed by atoms with Crippen LogP contribution in [0.4, 0.5) is 5.69 Å². The van der Waals surface area contributed by atoms with Crippen molar-refractivity contribution in [3.05, 3.63) is 54.1 Å². The van der Waals surface area contributed by atoms with E-state index in [1.165, 1.54) is 0 Å². The molecule has 0 bridgehead atoms.